The molecular weight excluding hydrogens is 356 g/mol. The number of nitrogens with two attached hydrogens (primary N) is 1. The topological polar surface area (TPSA) is 70.8 Å². The van der Waals surface area contributed by atoms with Crippen LogP contribution in [-0.2, 0) is 9.53 Å². The van der Waals surface area contributed by atoms with E-state index in [9.17, 15) is 13.6 Å². The molecule has 2 N–H and O–H groups in total. The minimum Gasteiger partial charge on any atom is -0.493 e. The molecule has 0 aromatic heterocycles. The number of carbonyl (C=O) groups is 1. The summed E-state index contributed by atoms with van der Waals surface area (Å²) >= 11 is 0. The summed E-state index contributed by atoms with van der Waals surface area (Å²) in [5, 5.41) is 0. The van der Waals surface area contributed by atoms with Crippen molar-refractivity contribution in [2.75, 3.05) is 14.2 Å². The normalized spacial score (nSPS) is 13.2. The lowest BCUT2D eigenvalue weighted by atomic mass is 9.85. The second-order valence-corrected chi connectivity index (χ2v) is 6.13. The third-order valence-corrected chi connectivity index (χ3v) is 4.22. The summed E-state index contributed by atoms with van der Waals surface area (Å²) in [5.74, 6) is -2.57. The van der Waals surface area contributed by atoms with Gasteiger partial charge in [-0.15, -0.1) is 0 Å². The van der Waals surface area contributed by atoms with E-state index in [-0.39, 0.29) is 11.5 Å². The number of esters is 1. The largest absolute Gasteiger partial charge is 0.493 e. The van der Waals surface area contributed by atoms with Crippen molar-refractivity contribution in [2.24, 2.45) is 5.73 Å². The highest BCUT2D eigenvalue weighted by Gasteiger charge is 2.32. The lowest BCUT2D eigenvalue weighted by molar-refractivity contribution is -0.150. The first-order valence-corrected chi connectivity index (χ1v) is 8.42. The van der Waals surface area contributed by atoms with Gasteiger partial charge in [-0.25, -0.2) is 8.78 Å². The van der Waals surface area contributed by atoms with Crippen molar-refractivity contribution in [3.63, 3.8) is 0 Å². The van der Waals surface area contributed by atoms with Crippen molar-refractivity contribution in [1.29, 1.82) is 0 Å². The van der Waals surface area contributed by atoms with Crippen molar-refractivity contribution in [2.45, 2.75) is 31.9 Å². The molecule has 0 aliphatic heterocycles. The predicted octanol–water partition coefficient (Wildman–Crippen LogP) is 3.39. The maximum atomic E-state index is 14.3. The summed E-state index contributed by atoms with van der Waals surface area (Å²) < 4.78 is 44.4. The summed E-state index contributed by atoms with van der Waals surface area (Å²) in [6, 6.07) is 7.94. The first kappa shape index (κ1) is 20.6. The van der Waals surface area contributed by atoms with Gasteiger partial charge in [0.05, 0.1) is 20.1 Å². The van der Waals surface area contributed by atoms with E-state index in [1.54, 1.807) is 19.1 Å². The molecule has 0 spiro atoms. The van der Waals surface area contributed by atoms with Gasteiger partial charge in [-0.2, -0.15) is 0 Å². The molecule has 0 fully saturated rings. The zero-order valence-corrected chi connectivity index (χ0v) is 15.7. The van der Waals surface area contributed by atoms with E-state index in [0.717, 1.165) is 0 Å². The quantitative estimate of drug-likeness (QED) is 0.747. The number of benzene rings is 2. The highest BCUT2D eigenvalue weighted by molar-refractivity contribution is 5.75. The Bertz CT molecular complexity index is 757. The maximum absolute atomic E-state index is 14.3. The molecule has 0 aliphatic carbocycles. The summed E-state index contributed by atoms with van der Waals surface area (Å²) in [4.78, 5) is 12.0. The Hall–Kier alpha value is -2.67. The van der Waals surface area contributed by atoms with E-state index in [4.69, 9.17) is 19.9 Å². The molecule has 1 unspecified atom stereocenters. The Labute approximate surface area is 157 Å². The Morgan fingerprint density at radius 1 is 0.926 bits per heavy atom. The van der Waals surface area contributed by atoms with Crippen molar-refractivity contribution < 1.29 is 27.8 Å². The van der Waals surface area contributed by atoms with Gasteiger partial charge in [0.25, 0.3) is 0 Å². The smallest absolute Gasteiger partial charge is 0.322 e. The van der Waals surface area contributed by atoms with Crippen LogP contribution in [0, 0.1) is 11.6 Å². The minimum absolute atomic E-state index is 0.0162. The Morgan fingerprint density at radius 3 is 1.74 bits per heavy atom. The third kappa shape index (κ3) is 4.36. The van der Waals surface area contributed by atoms with Crippen LogP contribution in [0.5, 0.6) is 11.5 Å². The van der Waals surface area contributed by atoms with Crippen molar-refractivity contribution in [1.82, 2.24) is 0 Å². The lowest BCUT2D eigenvalue weighted by Gasteiger charge is -2.28. The molecule has 7 heteroatoms. The van der Waals surface area contributed by atoms with Gasteiger partial charge in [-0.05, 0) is 26.0 Å². The van der Waals surface area contributed by atoms with Gasteiger partial charge in [-0.3, -0.25) is 4.79 Å². The molecule has 2 atom stereocenters. The molecule has 5 nitrogen and oxygen atoms in total. The minimum atomic E-state index is -0.836. The average Bonchev–Trinajstić information content (AvgIpc) is 2.62. The number of carbonyl (C=O) groups excluding carboxylic acids is 1. The highest BCUT2D eigenvalue weighted by Crippen LogP contribution is 2.41. The molecule has 27 heavy (non-hydrogen) atoms. The Balaban J connectivity index is 2.65. The van der Waals surface area contributed by atoms with Crippen LogP contribution in [0.15, 0.2) is 36.4 Å². The standard InChI is InChI=1S/C20H23F2NO4/c1-11(23)20(24)27-12(2)17(13-7-5-9-15(21)18(13)25-3)14-8-6-10-16(22)19(14)26-4/h5-12,17H,23H2,1-4H3/t11-,12?/m0/s1. The molecule has 0 saturated carbocycles. The highest BCUT2D eigenvalue weighted by atomic mass is 19.1. The van der Waals surface area contributed by atoms with E-state index in [1.807, 2.05) is 0 Å². The van der Waals surface area contributed by atoms with Gasteiger partial charge >= 0.3 is 5.97 Å². The fraction of sp³-hybridized carbons (Fsp3) is 0.350. The van der Waals surface area contributed by atoms with Gasteiger partial charge in [-0.1, -0.05) is 24.3 Å². The van der Waals surface area contributed by atoms with Crippen LogP contribution in [0.25, 0.3) is 0 Å². The number of para-hydroxylation sites is 2. The first-order valence-electron chi connectivity index (χ1n) is 8.42. The van der Waals surface area contributed by atoms with Crippen LogP contribution in [-0.4, -0.2) is 32.3 Å². The zero-order chi connectivity index (χ0) is 20.1. The van der Waals surface area contributed by atoms with Crippen LogP contribution in [0.3, 0.4) is 0 Å². The molecule has 2 aromatic rings. The van der Waals surface area contributed by atoms with Crippen molar-refractivity contribution >= 4 is 5.97 Å². The van der Waals surface area contributed by atoms with E-state index in [0.29, 0.717) is 11.1 Å². The summed E-state index contributed by atoms with van der Waals surface area (Å²) in [6.07, 6.45) is -0.796. The Kier molecular flexibility index (Phi) is 6.74. The first-order chi connectivity index (χ1) is 12.8. The summed E-state index contributed by atoms with van der Waals surface area (Å²) in [5.41, 5.74) is 6.37. The molecule has 2 aromatic carbocycles. The predicted molar refractivity (Wildman–Crippen MR) is 97.0 cm³/mol. The second-order valence-electron chi connectivity index (χ2n) is 6.13. The molecule has 0 heterocycles. The van der Waals surface area contributed by atoms with Gasteiger partial charge in [0.15, 0.2) is 23.1 Å². The molecular formula is C20H23F2NO4. The van der Waals surface area contributed by atoms with Crippen LogP contribution in [0.2, 0.25) is 0 Å². The summed E-state index contributed by atoms with van der Waals surface area (Å²) in [6.45, 7) is 3.12. The number of rotatable bonds is 7. The number of halogens is 2. The maximum Gasteiger partial charge on any atom is 0.322 e. The molecule has 2 rings (SSSR count). The fourth-order valence-electron chi connectivity index (χ4n) is 3.00. The molecule has 0 aliphatic rings. The SMILES string of the molecule is COc1c(F)cccc1C(c1cccc(F)c1OC)C(C)OC(=O)[C@H](C)N. The number of hydrogen-bond donors (Lipinski definition) is 1. The fourth-order valence-corrected chi connectivity index (χ4v) is 3.00. The average molecular weight is 379 g/mol. The van der Waals surface area contributed by atoms with Crippen LogP contribution < -0.4 is 15.2 Å². The zero-order valence-electron chi connectivity index (χ0n) is 15.7. The van der Waals surface area contributed by atoms with E-state index in [1.165, 1.54) is 45.4 Å². The van der Waals surface area contributed by atoms with E-state index in [2.05, 4.69) is 0 Å². The van der Waals surface area contributed by atoms with E-state index >= 15 is 0 Å². The number of ether oxygens (including phenoxy) is 3. The monoisotopic (exact) mass is 379 g/mol. The van der Waals surface area contributed by atoms with E-state index < -0.39 is 35.7 Å². The van der Waals surface area contributed by atoms with Crippen LogP contribution in [0.1, 0.15) is 30.9 Å². The summed E-state index contributed by atoms with van der Waals surface area (Å²) in [7, 11) is 2.67. The number of hydrogen-bond acceptors (Lipinski definition) is 5. The number of methoxy groups -OCH3 is 2. The van der Waals surface area contributed by atoms with Crippen molar-refractivity contribution in [3.8, 4) is 11.5 Å². The Morgan fingerprint density at radius 2 is 1.37 bits per heavy atom. The van der Waals surface area contributed by atoms with Crippen LogP contribution >= 0.6 is 0 Å². The van der Waals surface area contributed by atoms with Gasteiger partial charge in [0, 0.05) is 11.1 Å². The van der Waals surface area contributed by atoms with Gasteiger partial charge in [0.2, 0.25) is 0 Å². The molecule has 0 amide bonds. The third-order valence-electron chi connectivity index (χ3n) is 4.22. The lowest BCUT2D eigenvalue weighted by Crippen LogP contribution is -2.34. The second kappa shape index (κ2) is 8.81. The molecule has 146 valence electrons. The molecule has 0 saturated heterocycles. The van der Waals surface area contributed by atoms with Crippen LogP contribution in [0.4, 0.5) is 8.78 Å². The van der Waals surface area contributed by atoms with Gasteiger partial charge in [0.1, 0.15) is 12.1 Å². The van der Waals surface area contributed by atoms with Gasteiger partial charge < -0.3 is 19.9 Å². The van der Waals surface area contributed by atoms with Crippen molar-refractivity contribution in [3.05, 3.63) is 59.2 Å². The molecule has 0 radical (unpaired) electrons. The molecule has 0 bridgehead atoms.